The van der Waals surface area contributed by atoms with Gasteiger partial charge in [0.05, 0.1) is 30.6 Å². The van der Waals surface area contributed by atoms with Crippen molar-refractivity contribution in [3.8, 4) is 0 Å². The van der Waals surface area contributed by atoms with Crippen LogP contribution in [0.25, 0.3) is 0 Å². The zero-order valence-corrected chi connectivity index (χ0v) is 13.7. The molecule has 7 nitrogen and oxygen atoms in total. The summed E-state index contributed by atoms with van der Waals surface area (Å²) in [5, 5.41) is 0. The van der Waals surface area contributed by atoms with E-state index in [1.165, 1.54) is 25.1 Å². The van der Waals surface area contributed by atoms with E-state index >= 15 is 0 Å². The molecule has 0 N–H and O–H groups in total. The summed E-state index contributed by atoms with van der Waals surface area (Å²) in [6.45, 7) is 0. The van der Waals surface area contributed by atoms with Gasteiger partial charge in [-0.05, 0) is 12.1 Å². The number of hydrogen-bond donors (Lipinski definition) is 0. The lowest BCUT2D eigenvalue weighted by Crippen LogP contribution is -2.70. The third kappa shape index (κ3) is 1.70. The molecule has 3 amide bonds. The topological polar surface area (TPSA) is 84.0 Å². The fraction of sp³-hybridized carbons (Fsp3) is 0.333. The Kier molecular flexibility index (Phi) is 3.12. The predicted octanol–water partition coefficient (Wildman–Crippen LogP) is 0.362. The van der Waals surface area contributed by atoms with Gasteiger partial charge in [-0.2, -0.15) is 0 Å². The number of esters is 1. The number of likely N-dealkylation sites (N-methyl/N-ethyl adjacent to an activating group) is 1. The first kappa shape index (κ1) is 15.6. The summed E-state index contributed by atoms with van der Waals surface area (Å²) in [7, 11) is 2.67. The number of carbonyl (C=O) groups excluding carboxylic acids is 4. The highest BCUT2D eigenvalue weighted by Gasteiger charge is 2.71. The smallest absolute Gasteiger partial charge is 0.336 e. The Morgan fingerprint density at radius 3 is 2.40 bits per heavy atom. The lowest BCUT2D eigenvalue weighted by atomic mass is 9.62. The van der Waals surface area contributed by atoms with E-state index in [9.17, 15) is 19.2 Å². The lowest BCUT2D eigenvalue weighted by molar-refractivity contribution is -0.173. The summed E-state index contributed by atoms with van der Waals surface area (Å²) >= 11 is 0. The van der Waals surface area contributed by atoms with Crippen LogP contribution in [0.4, 0.5) is 5.69 Å². The Bertz CT molecular complexity index is 833. The zero-order chi connectivity index (χ0) is 17.9. The quantitative estimate of drug-likeness (QED) is 0.441. The highest BCUT2D eigenvalue weighted by atomic mass is 16.5. The second-order valence-electron chi connectivity index (χ2n) is 6.45. The van der Waals surface area contributed by atoms with E-state index in [0.717, 1.165) is 4.90 Å². The second-order valence-corrected chi connectivity index (χ2v) is 6.45. The number of piperidine rings is 1. The predicted molar refractivity (Wildman–Crippen MR) is 86.1 cm³/mol. The number of anilines is 1. The molecule has 0 radical (unpaired) electrons. The molecular formula is C18H16N2O5. The second kappa shape index (κ2) is 5.02. The average molecular weight is 340 g/mol. The number of imide groups is 1. The van der Waals surface area contributed by atoms with E-state index in [2.05, 4.69) is 0 Å². The van der Waals surface area contributed by atoms with Crippen molar-refractivity contribution >= 4 is 29.4 Å². The molecular weight excluding hydrogens is 324 g/mol. The van der Waals surface area contributed by atoms with E-state index < -0.39 is 41.1 Å². The molecule has 0 aromatic heterocycles. The number of fused-ring (bicyclic) bond motifs is 1. The van der Waals surface area contributed by atoms with Crippen LogP contribution in [0.3, 0.4) is 0 Å². The van der Waals surface area contributed by atoms with Gasteiger partial charge in [-0.25, -0.2) is 9.69 Å². The fourth-order valence-electron chi connectivity index (χ4n) is 4.28. The molecule has 3 heterocycles. The Labute approximate surface area is 143 Å². The van der Waals surface area contributed by atoms with Gasteiger partial charge in [-0.1, -0.05) is 30.4 Å². The maximum absolute atomic E-state index is 13.1. The van der Waals surface area contributed by atoms with E-state index in [4.69, 9.17) is 4.74 Å². The van der Waals surface area contributed by atoms with Crippen LogP contribution < -0.4 is 4.90 Å². The number of methoxy groups -OCH3 is 1. The van der Waals surface area contributed by atoms with Crippen LogP contribution in [0.5, 0.6) is 0 Å². The maximum atomic E-state index is 13.1. The third-order valence-electron chi connectivity index (χ3n) is 5.47. The first-order valence-electron chi connectivity index (χ1n) is 7.93. The van der Waals surface area contributed by atoms with Gasteiger partial charge in [0.25, 0.3) is 0 Å². The fourth-order valence-corrected chi connectivity index (χ4v) is 4.28. The minimum Gasteiger partial charge on any atom is -0.467 e. The van der Waals surface area contributed by atoms with E-state index in [1.807, 2.05) is 0 Å². The molecule has 0 unspecified atom stereocenters. The minimum atomic E-state index is -1.58. The maximum Gasteiger partial charge on any atom is 0.336 e. The number of hydrogen-bond acceptors (Lipinski definition) is 5. The molecule has 25 heavy (non-hydrogen) atoms. The van der Waals surface area contributed by atoms with Gasteiger partial charge in [0.1, 0.15) is 0 Å². The summed E-state index contributed by atoms with van der Waals surface area (Å²) in [4.78, 5) is 53.7. The summed E-state index contributed by atoms with van der Waals surface area (Å²) in [5.41, 5.74) is -1.15. The molecule has 128 valence electrons. The van der Waals surface area contributed by atoms with Crippen LogP contribution in [0, 0.1) is 17.8 Å². The lowest BCUT2D eigenvalue weighted by Gasteiger charge is -2.51. The summed E-state index contributed by atoms with van der Waals surface area (Å²) in [6, 6.07) is 8.52. The van der Waals surface area contributed by atoms with Gasteiger partial charge in [-0.15, -0.1) is 0 Å². The third-order valence-corrected chi connectivity index (χ3v) is 5.47. The number of ether oxygens (including phenoxy) is 1. The summed E-state index contributed by atoms with van der Waals surface area (Å²) < 4.78 is 4.89. The molecule has 1 aromatic rings. The Morgan fingerprint density at radius 1 is 1.08 bits per heavy atom. The average Bonchev–Trinajstić information content (AvgIpc) is 2.91. The number of rotatable bonds is 2. The van der Waals surface area contributed by atoms with Gasteiger partial charge in [-0.3, -0.25) is 14.4 Å². The van der Waals surface area contributed by atoms with E-state index in [-0.39, 0.29) is 5.91 Å². The molecule has 1 aromatic carbocycles. The Hall–Kier alpha value is -2.96. The van der Waals surface area contributed by atoms with Crippen LogP contribution in [-0.2, 0) is 23.9 Å². The van der Waals surface area contributed by atoms with Crippen molar-refractivity contribution in [3.63, 3.8) is 0 Å². The Morgan fingerprint density at radius 2 is 1.76 bits per heavy atom. The van der Waals surface area contributed by atoms with Crippen molar-refractivity contribution in [1.29, 1.82) is 0 Å². The van der Waals surface area contributed by atoms with Crippen molar-refractivity contribution in [3.05, 3.63) is 42.5 Å². The van der Waals surface area contributed by atoms with Crippen molar-refractivity contribution < 1.29 is 23.9 Å². The number of carbonyl (C=O) groups is 4. The van der Waals surface area contributed by atoms with E-state index in [0.29, 0.717) is 5.69 Å². The number of amides is 3. The zero-order valence-electron chi connectivity index (χ0n) is 13.7. The largest absolute Gasteiger partial charge is 0.467 e. The first-order valence-corrected chi connectivity index (χ1v) is 7.93. The van der Waals surface area contributed by atoms with Crippen LogP contribution in [-0.4, -0.2) is 48.3 Å². The highest BCUT2D eigenvalue weighted by molar-refractivity contribution is 6.26. The molecule has 1 aliphatic carbocycles. The van der Waals surface area contributed by atoms with Gasteiger partial charge >= 0.3 is 5.97 Å². The molecule has 4 atom stereocenters. The van der Waals surface area contributed by atoms with Gasteiger partial charge < -0.3 is 9.64 Å². The minimum absolute atomic E-state index is 0.356. The molecule has 7 heteroatoms. The van der Waals surface area contributed by atoms with Crippen molar-refractivity contribution in [2.24, 2.45) is 17.8 Å². The molecule has 5 rings (SSSR count). The van der Waals surface area contributed by atoms with Crippen LogP contribution in [0.2, 0.25) is 0 Å². The van der Waals surface area contributed by atoms with Crippen LogP contribution in [0.1, 0.15) is 0 Å². The van der Waals surface area contributed by atoms with Gasteiger partial charge in [0, 0.05) is 7.05 Å². The number of nitrogens with zero attached hydrogens (tertiary/aromatic N) is 2. The molecule has 4 aliphatic rings. The summed E-state index contributed by atoms with van der Waals surface area (Å²) in [6.07, 6.45) is 3.09. The SMILES string of the molecule is COC(=O)[C@@]12C=C[C@@H](C(=O)N1C)[C@@H]1C(=O)N(c3ccccc3)C(=O)[C@H]12. The number of benzene rings is 1. The molecule has 2 fully saturated rings. The normalized spacial score (nSPS) is 33.0. The summed E-state index contributed by atoms with van der Waals surface area (Å²) in [5.74, 6) is -4.63. The molecule has 2 bridgehead atoms. The standard InChI is InChI=1S/C18H16N2O5/c1-19-14(21)11-8-9-18(19,17(24)25-2)13-12(11)15(22)20(16(13)23)10-6-4-3-5-7-10/h3-9,11-13H,1-2H3/t11-,12+,13+,18+/m1/s1. The molecule has 3 aliphatic heterocycles. The van der Waals surface area contributed by atoms with Gasteiger partial charge in [0.2, 0.25) is 17.7 Å². The monoisotopic (exact) mass is 340 g/mol. The van der Waals surface area contributed by atoms with E-state index in [1.54, 1.807) is 36.4 Å². The number of para-hydroxylation sites is 1. The molecule has 0 saturated carbocycles. The van der Waals surface area contributed by atoms with Crippen molar-refractivity contribution in [2.75, 3.05) is 19.1 Å². The Balaban J connectivity index is 1.90. The van der Waals surface area contributed by atoms with Crippen LogP contribution >= 0.6 is 0 Å². The van der Waals surface area contributed by atoms with Crippen molar-refractivity contribution in [2.45, 2.75) is 5.54 Å². The highest BCUT2D eigenvalue weighted by Crippen LogP contribution is 2.52. The molecule has 0 spiro atoms. The first-order chi connectivity index (χ1) is 11.9. The van der Waals surface area contributed by atoms with Gasteiger partial charge in [0.15, 0.2) is 5.54 Å². The molecule has 2 saturated heterocycles. The van der Waals surface area contributed by atoms with Crippen LogP contribution in [0.15, 0.2) is 42.5 Å². The van der Waals surface area contributed by atoms with Crippen molar-refractivity contribution in [1.82, 2.24) is 4.90 Å².